The Morgan fingerprint density at radius 1 is 1.09 bits per heavy atom. The van der Waals surface area contributed by atoms with Crippen molar-refractivity contribution in [1.29, 1.82) is 0 Å². The number of benzene rings is 1. The first-order chi connectivity index (χ1) is 10.8. The molecule has 22 heavy (non-hydrogen) atoms. The van der Waals surface area contributed by atoms with Gasteiger partial charge in [0.15, 0.2) is 0 Å². The zero-order valence-electron chi connectivity index (χ0n) is 13.7. The van der Waals surface area contributed by atoms with E-state index in [4.69, 9.17) is 11.6 Å². The molecule has 0 aromatic heterocycles. The van der Waals surface area contributed by atoms with Crippen molar-refractivity contribution in [3.8, 4) is 0 Å². The molecule has 2 fully saturated rings. The van der Waals surface area contributed by atoms with E-state index in [0.29, 0.717) is 0 Å². The second-order valence-electron chi connectivity index (χ2n) is 6.58. The van der Waals surface area contributed by atoms with Crippen LogP contribution in [0.15, 0.2) is 12.1 Å². The van der Waals surface area contributed by atoms with Crippen molar-refractivity contribution < 1.29 is 0 Å². The molecule has 2 heterocycles. The molecule has 0 amide bonds. The van der Waals surface area contributed by atoms with Gasteiger partial charge in [-0.15, -0.1) is 0 Å². The average molecular weight is 322 g/mol. The highest BCUT2D eigenvalue weighted by Crippen LogP contribution is 2.33. The van der Waals surface area contributed by atoms with Gasteiger partial charge in [-0.25, -0.2) is 0 Å². The van der Waals surface area contributed by atoms with Gasteiger partial charge in [-0.2, -0.15) is 0 Å². The highest BCUT2D eigenvalue weighted by molar-refractivity contribution is 6.33. The summed E-state index contributed by atoms with van der Waals surface area (Å²) < 4.78 is 0. The standard InChI is InChI=1S/C18H28ClN3/c1-15-6-7-17(19)18(22-13-8-20-9-14-22)16(15)5-4-12-21-10-2-3-11-21/h6-7,20H,2-5,8-14H2,1H3. The first-order valence-corrected chi connectivity index (χ1v) is 9.09. The minimum Gasteiger partial charge on any atom is -0.368 e. The number of likely N-dealkylation sites (tertiary alicyclic amines) is 1. The fraction of sp³-hybridized carbons (Fsp3) is 0.667. The molecule has 1 aromatic carbocycles. The van der Waals surface area contributed by atoms with Crippen molar-refractivity contribution in [3.63, 3.8) is 0 Å². The SMILES string of the molecule is Cc1ccc(Cl)c(N2CCNCC2)c1CCCN1CCCC1. The van der Waals surface area contributed by atoms with Crippen molar-refractivity contribution in [2.45, 2.75) is 32.6 Å². The lowest BCUT2D eigenvalue weighted by molar-refractivity contribution is 0.334. The van der Waals surface area contributed by atoms with Crippen LogP contribution in [0.2, 0.25) is 5.02 Å². The van der Waals surface area contributed by atoms with Gasteiger partial charge in [0.1, 0.15) is 0 Å². The zero-order valence-corrected chi connectivity index (χ0v) is 14.5. The first kappa shape index (κ1) is 16.1. The molecule has 0 unspecified atom stereocenters. The average Bonchev–Trinajstić information content (AvgIpc) is 3.05. The van der Waals surface area contributed by atoms with Crippen molar-refractivity contribution in [2.24, 2.45) is 0 Å². The molecule has 0 atom stereocenters. The Balaban J connectivity index is 1.71. The second-order valence-corrected chi connectivity index (χ2v) is 6.99. The van der Waals surface area contributed by atoms with Crippen LogP contribution in [0, 0.1) is 6.92 Å². The van der Waals surface area contributed by atoms with E-state index in [1.165, 1.54) is 55.7 Å². The number of nitrogens with one attached hydrogen (secondary N) is 1. The molecule has 3 rings (SSSR count). The minimum absolute atomic E-state index is 0.920. The Kier molecular flexibility index (Phi) is 5.61. The van der Waals surface area contributed by atoms with Gasteiger partial charge < -0.3 is 15.1 Å². The molecule has 4 heteroatoms. The highest BCUT2D eigenvalue weighted by atomic mass is 35.5. The summed E-state index contributed by atoms with van der Waals surface area (Å²) in [5, 5.41) is 4.35. The van der Waals surface area contributed by atoms with E-state index in [1.807, 2.05) is 0 Å². The maximum atomic E-state index is 6.57. The largest absolute Gasteiger partial charge is 0.368 e. The van der Waals surface area contributed by atoms with Crippen LogP contribution in [0.3, 0.4) is 0 Å². The number of aryl methyl sites for hydroxylation is 1. The van der Waals surface area contributed by atoms with E-state index in [1.54, 1.807) is 0 Å². The molecule has 1 aromatic rings. The quantitative estimate of drug-likeness (QED) is 0.899. The maximum Gasteiger partial charge on any atom is 0.0642 e. The van der Waals surface area contributed by atoms with E-state index in [9.17, 15) is 0 Å². The molecule has 2 aliphatic heterocycles. The molecule has 122 valence electrons. The van der Waals surface area contributed by atoms with Crippen LogP contribution in [0.25, 0.3) is 0 Å². The van der Waals surface area contributed by atoms with Crippen LogP contribution in [0.4, 0.5) is 5.69 Å². The van der Waals surface area contributed by atoms with Gasteiger partial charge in [0, 0.05) is 26.2 Å². The zero-order chi connectivity index (χ0) is 15.4. The van der Waals surface area contributed by atoms with E-state index in [2.05, 4.69) is 34.2 Å². The van der Waals surface area contributed by atoms with Crippen LogP contribution in [-0.2, 0) is 6.42 Å². The van der Waals surface area contributed by atoms with E-state index < -0.39 is 0 Å². The second kappa shape index (κ2) is 7.67. The molecular weight excluding hydrogens is 294 g/mol. The third-order valence-electron chi connectivity index (χ3n) is 5.00. The lowest BCUT2D eigenvalue weighted by Gasteiger charge is -2.32. The molecule has 2 saturated heterocycles. The molecule has 1 N–H and O–H groups in total. The Labute approximate surface area is 139 Å². The summed E-state index contributed by atoms with van der Waals surface area (Å²) in [6, 6.07) is 4.25. The molecule has 3 nitrogen and oxygen atoms in total. The smallest absolute Gasteiger partial charge is 0.0642 e. The number of hydrogen-bond acceptors (Lipinski definition) is 3. The van der Waals surface area contributed by atoms with Crippen molar-refractivity contribution in [1.82, 2.24) is 10.2 Å². The topological polar surface area (TPSA) is 18.5 Å². The number of rotatable bonds is 5. The number of halogens is 1. The van der Waals surface area contributed by atoms with Crippen molar-refractivity contribution in [2.75, 3.05) is 50.7 Å². The van der Waals surface area contributed by atoms with E-state index in [-0.39, 0.29) is 0 Å². The number of piperazine rings is 1. The summed E-state index contributed by atoms with van der Waals surface area (Å²) in [7, 11) is 0. The highest BCUT2D eigenvalue weighted by Gasteiger charge is 2.19. The van der Waals surface area contributed by atoms with Crippen LogP contribution in [-0.4, -0.2) is 50.7 Å². The predicted molar refractivity (Wildman–Crippen MR) is 95.3 cm³/mol. The first-order valence-electron chi connectivity index (χ1n) is 8.72. The molecular formula is C18H28ClN3. The summed E-state index contributed by atoms with van der Waals surface area (Å²) in [5.74, 6) is 0. The van der Waals surface area contributed by atoms with Crippen LogP contribution in [0.5, 0.6) is 0 Å². The van der Waals surface area contributed by atoms with Gasteiger partial charge >= 0.3 is 0 Å². The normalized spacial score (nSPS) is 19.8. The van der Waals surface area contributed by atoms with Crippen molar-refractivity contribution >= 4 is 17.3 Å². The third kappa shape index (κ3) is 3.76. The van der Waals surface area contributed by atoms with Crippen molar-refractivity contribution in [3.05, 3.63) is 28.3 Å². The van der Waals surface area contributed by atoms with Gasteiger partial charge in [0.05, 0.1) is 10.7 Å². The molecule has 2 aliphatic rings. The number of anilines is 1. The Morgan fingerprint density at radius 2 is 1.82 bits per heavy atom. The molecule has 0 spiro atoms. The molecule has 0 aliphatic carbocycles. The molecule has 0 radical (unpaired) electrons. The molecule has 0 bridgehead atoms. The van der Waals surface area contributed by atoms with Crippen LogP contribution >= 0.6 is 11.6 Å². The Hall–Kier alpha value is -0.770. The Bertz CT molecular complexity index is 491. The summed E-state index contributed by atoms with van der Waals surface area (Å²) in [5.41, 5.74) is 4.15. The summed E-state index contributed by atoms with van der Waals surface area (Å²) in [4.78, 5) is 5.07. The number of nitrogens with zero attached hydrogens (tertiary/aromatic N) is 2. The van der Waals surface area contributed by atoms with E-state index >= 15 is 0 Å². The lowest BCUT2D eigenvalue weighted by Crippen LogP contribution is -2.44. The van der Waals surface area contributed by atoms with Gasteiger partial charge in [-0.05, 0) is 69.4 Å². The summed E-state index contributed by atoms with van der Waals surface area (Å²) in [6.07, 6.45) is 5.13. The molecule has 0 saturated carbocycles. The third-order valence-corrected chi connectivity index (χ3v) is 5.31. The van der Waals surface area contributed by atoms with Gasteiger partial charge in [-0.3, -0.25) is 0 Å². The monoisotopic (exact) mass is 321 g/mol. The van der Waals surface area contributed by atoms with Crippen LogP contribution in [0.1, 0.15) is 30.4 Å². The maximum absolute atomic E-state index is 6.57. The van der Waals surface area contributed by atoms with E-state index in [0.717, 1.165) is 37.6 Å². The fourth-order valence-electron chi connectivity index (χ4n) is 3.74. The predicted octanol–water partition coefficient (Wildman–Crippen LogP) is 3.09. The van der Waals surface area contributed by atoms with Gasteiger partial charge in [0.25, 0.3) is 0 Å². The fourth-order valence-corrected chi connectivity index (χ4v) is 4.04. The lowest BCUT2D eigenvalue weighted by atomic mass is 10.00. The number of hydrogen-bond donors (Lipinski definition) is 1. The summed E-state index contributed by atoms with van der Waals surface area (Å²) in [6.45, 7) is 10.3. The minimum atomic E-state index is 0.920. The van der Waals surface area contributed by atoms with Gasteiger partial charge in [0.2, 0.25) is 0 Å². The van der Waals surface area contributed by atoms with Crippen LogP contribution < -0.4 is 10.2 Å². The van der Waals surface area contributed by atoms with Gasteiger partial charge in [-0.1, -0.05) is 17.7 Å². The summed E-state index contributed by atoms with van der Waals surface area (Å²) >= 11 is 6.57. The Morgan fingerprint density at radius 3 is 2.55 bits per heavy atom.